The van der Waals surface area contributed by atoms with Gasteiger partial charge >= 0.3 is 5.82 Å². The summed E-state index contributed by atoms with van der Waals surface area (Å²) in [5, 5.41) is 15.2. The van der Waals surface area contributed by atoms with E-state index in [1.165, 1.54) is 12.1 Å². The van der Waals surface area contributed by atoms with Gasteiger partial charge in [0.05, 0.1) is 0 Å². The van der Waals surface area contributed by atoms with E-state index in [1.54, 1.807) is 4.72 Å². The summed E-state index contributed by atoms with van der Waals surface area (Å²) >= 11 is 2.92. The molecule has 0 saturated carbocycles. The summed E-state index contributed by atoms with van der Waals surface area (Å²) in [4.78, 5) is 13.2. The normalized spacial score (nSPS) is 11.1. The number of nitrogens with two attached hydrogens (primary N) is 1. The molecule has 0 aliphatic heterocycles. The smallest absolute Gasteiger partial charge is 0.358 e. The van der Waals surface area contributed by atoms with Gasteiger partial charge < -0.3 is 10.1 Å². The molecule has 0 fully saturated rings. The van der Waals surface area contributed by atoms with Crippen LogP contribution in [0.2, 0.25) is 0 Å². The minimum absolute atomic E-state index is 0.217. The standard InChI is InChI=1S/C5H5BrN4O4S/c6-4-2-1-3(9-15(7,13)14)5(8-4)10(11)12/h1-2,9H,(H2,7,13,14). The van der Waals surface area contributed by atoms with Crippen LogP contribution in [0.4, 0.5) is 11.5 Å². The van der Waals surface area contributed by atoms with Crippen molar-refractivity contribution >= 4 is 37.6 Å². The molecule has 0 unspecified atom stereocenters. The number of halogens is 1. The van der Waals surface area contributed by atoms with Gasteiger partial charge in [0.15, 0.2) is 0 Å². The second-order valence-corrected chi connectivity index (χ2v) is 4.52. The third-order valence-corrected chi connectivity index (χ3v) is 2.21. The number of hydrogen-bond donors (Lipinski definition) is 2. The number of aromatic nitrogens is 1. The molecule has 1 rings (SSSR count). The van der Waals surface area contributed by atoms with Crippen molar-refractivity contribution in [1.29, 1.82) is 0 Å². The van der Waals surface area contributed by atoms with Gasteiger partial charge in [-0.3, -0.25) is 4.72 Å². The van der Waals surface area contributed by atoms with Crippen LogP contribution < -0.4 is 9.86 Å². The molecule has 0 aliphatic carbocycles. The molecule has 0 atom stereocenters. The van der Waals surface area contributed by atoms with E-state index in [1.807, 2.05) is 0 Å². The topological polar surface area (TPSA) is 128 Å². The molecule has 0 radical (unpaired) electrons. The van der Waals surface area contributed by atoms with Crippen molar-refractivity contribution in [3.63, 3.8) is 0 Å². The SMILES string of the molecule is NS(=O)(=O)Nc1ccc(Br)nc1[N+](=O)[O-]. The molecule has 0 spiro atoms. The fraction of sp³-hybridized carbons (Fsp3) is 0. The van der Waals surface area contributed by atoms with E-state index >= 15 is 0 Å². The number of pyridine rings is 1. The van der Waals surface area contributed by atoms with Crippen molar-refractivity contribution in [3.8, 4) is 0 Å². The maximum Gasteiger partial charge on any atom is 0.389 e. The highest BCUT2D eigenvalue weighted by atomic mass is 79.9. The molecule has 3 N–H and O–H groups in total. The van der Waals surface area contributed by atoms with Gasteiger partial charge in [0, 0.05) is 15.9 Å². The number of nitrogens with one attached hydrogen (secondary N) is 1. The summed E-state index contributed by atoms with van der Waals surface area (Å²) in [6.45, 7) is 0. The van der Waals surface area contributed by atoms with E-state index in [0.717, 1.165) is 0 Å². The van der Waals surface area contributed by atoms with Gasteiger partial charge in [0.25, 0.3) is 10.2 Å². The lowest BCUT2D eigenvalue weighted by Crippen LogP contribution is -2.22. The largest absolute Gasteiger partial charge is 0.389 e. The Bertz CT molecular complexity index is 502. The van der Waals surface area contributed by atoms with E-state index < -0.39 is 21.0 Å². The van der Waals surface area contributed by atoms with Crippen LogP contribution in [0, 0.1) is 10.1 Å². The van der Waals surface area contributed by atoms with Crippen molar-refractivity contribution in [3.05, 3.63) is 26.9 Å². The van der Waals surface area contributed by atoms with Gasteiger partial charge in [-0.25, -0.2) is 5.14 Å². The van der Waals surface area contributed by atoms with Gasteiger partial charge in [0.2, 0.25) is 4.60 Å². The molecule has 8 nitrogen and oxygen atoms in total. The van der Waals surface area contributed by atoms with Gasteiger partial charge in [-0.15, -0.1) is 0 Å². The second-order valence-electron chi connectivity index (χ2n) is 2.41. The highest BCUT2D eigenvalue weighted by molar-refractivity contribution is 9.10. The predicted octanol–water partition coefficient (Wildman–Crippen LogP) is 0.368. The fourth-order valence-electron chi connectivity index (χ4n) is 0.797. The Labute approximate surface area is 93.0 Å². The van der Waals surface area contributed by atoms with Crippen LogP contribution in [0.5, 0.6) is 0 Å². The van der Waals surface area contributed by atoms with Crippen molar-refractivity contribution in [1.82, 2.24) is 4.98 Å². The summed E-state index contributed by atoms with van der Waals surface area (Å²) in [6.07, 6.45) is 0. The van der Waals surface area contributed by atoms with Crippen LogP contribution in [-0.4, -0.2) is 18.3 Å². The Morgan fingerprint density at radius 1 is 1.53 bits per heavy atom. The average molecular weight is 297 g/mol. The van der Waals surface area contributed by atoms with E-state index in [0.29, 0.717) is 0 Å². The number of hydrogen-bond acceptors (Lipinski definition) is 5. The lowest BCUT2D eigenvalue weighted by molar-refractivity contribution is -0.388. The lowest BCUT2D eigenvalue weighted by Gasteiger charge is -2.03. The number of rotatable bonds is 3. The highest BCUT2D eigenvalue weighted by Gasteiger charge is 2.19. The maximum absolute atomic E-state index is 10.7. The van der Waals surface area contributed by atoms with Crippen LogP contribution in [0.3, 0.4) is 0 Å². The molecule has 1 heterocycles. The van der Waals surface area contributed by atoms with Crippen molar-refractivity contribution < 1.29 is 13.3 Å². The molecule has 1 aromatic rings. The molecule has 0 aromatic carbocycles. The molecule has 0 aliphatic rings. The Morgan fingerprint density at radius 2 is 2.13 bits per heavy atom. The van der Waals surface area contributed by atoms with Crippen molar-refractivity contribution in [2.24, 2.45) is 5.14 Å². The molecule has 0 amide bonds. The highest BCUT2D eigenvalue weighted by Crippen LogP contribution is 2.24. The molecule has 0 saturated heterocycles. The third-order valence-electron chi connectivity index (χ3n) is 1.27. The fourth-order valence-corrected chi connectivity index (χ4v) is 1.56. The Kier molecular flexibility index (Phi) is 3.21. The average Bonchev–Trinajstić information content (AvgIpc) is 2.05. The first kappa shape index (κ1) is 11.8. The summed E-state index contributed by atoms with van der Waals surface area (Å²) in [6, 6.07) is 2.53. The van der Waals surface area contributed by atoms with Crippen LogP contribution >= 0.6 is 15.9 Å². The maximum atomic E-state index is 10.7. The molecule has 15 heavy (non-hydrogen) atoms. The lowest BCUT2D eigenvalue weighted by atomic mass is 10.4. The van der Waals surface area contributed by atoms with Crippen molar-refractivity contribution in [2.45, 2.75) is 0 Å². The Balaban J connectivity index is 3.24. The molecule has 0 bridgehead atoms. The van der Waals surface area contributed by atoms with Crippen molar-refractivity contribution in [2.75, 3.05) is 4.72 Å². The molecular weight excluding hydrogens is 292 g/mol. The zero-order valence-corrected chi connectivity index (χ0v) is 9.45. The van der Waals surface area contributed by atoms with Gasteiger partial charge in [0.1, 0.15) is 5.69 Å². The zero-order valence-electron chi connectivity index (χ0n) is 7.05. The minimum Gasteiger partial charge on any atom is -0.358 e. The van der Waals surface area contributed by atoms with Crippen LogP contribution in [0.25, 0.3) is 0 Å². The van der Waals surface area contributed by atoms with E-state index in [2.05, 4.69) is 26.1 Å². The zero-order chi connectivity index (χ0) is 11.6. The minimum atomic E-state index is -4.06. The second kappa shape index (κ2) is 4.08. The van der Waals surface area contributed by atoms with Gasteiger partial charge in [-0.1, -0.05) is 0 Å². The molecule has 10 heteroatoms. The summed E-state index contributed by atoms with van der Waals surface area (Å²) in [5.41, 5.74) is -0.286. The first-order valence-electron chi connectivity index (χ1n) is 3.41. The molecule has 1 aromatic heterocycles. The van der Waals surface area contributed by atoms with E-state index in [4.69, 9.17) is 0 Å². The Hall–Kier alpha value is -1.26. The summed E-state index contributed by atoms with van der Waals surface area (Å²) in [7, 11) is -4.06. The third kappa shape index (κ3) is 3.42. The quantitative estimate of drug-likeness (QED) is 0.473. The van der Waals surface area contributed by atoms with Crippen LogP contribution in [0.1, 0.15) is 0 Å². The summed E-state index contributed by atoms with van der Waals surface area (Å²) in [5.74, 6) is -0.626. The number of anilines is 1. The molecular formula is C5H5BrN4O4S. The molecule has 82 valence electrons. The van der Waals surface area contributed by atoms with Crippen LogP contribution in [-0.2, 0) is 10.2 Å². The van der Waals surface area contributed by atoms with Crippen LogP contribution in [0.15, 0.2) is 16.7 Å². The first-order valence-corrected chi connectivity index (χ1v) is 5.75. The van der Waals surface area contributed by atoms with E-state index in [-0.39, 0.29) is 10.3 Å². The van der Waals surface area contributed by atoms with E-state index in [9.17, 15) is 18.5 Å². The summed E-state index contributed by atoms with van der Waals surface area (Å²) < 4.78 is 23.3. The Morgan fingerprint density at radius 3 is 2.60 bits per heavy atom. The first-order chi connectivity index (χ1) is 6.79. The number of nitrogens with zero attached hydrogens (tertiary/aromatic N) is 2. The monoisotopic (exact) mass is 296 g/mol. The predicted molar refractivity (Wildman–Crippen MR) is 55.3 cm³/mol. The van der Waals surface area contributed by atoms with Gasteiger partial charge in [-0.05, 0) is 22.0 Å². The van der Waals surface area contributed by atoms with Gasteiger partial charge in [-0.2, -0.15) is 8.42 Å². The number of nitro groups is 1.